The molecule has 0 saturated carbocycles. The molecule has 122 valence electrons. The Morgan fingerprint density at radius 2 is 1.62 bits per heavy atom. The van der Waals surface area contributed by atoms with E-state index in [1.165, 1.54) is 12.8 Å². The summed E-state index contributed by atoms with van der Waals surface area (Å²) < 4.78 is 0. The topological polar surface area (TPSA) is 49.2 Å². The number of aromatic hydroxyl groups is 1. The molecule has 0 radical (unpaired) electrons. The molecule has 2 aromatic carbocycles. The summed E-state index contributed by atoms with van der Waals surface area (Å²) in [7, 11) is 0. The quantitative estimate of drug-likeness (QED) is 0.768. The van der Waals surface area contributed by atoms with Crippen LogP contribution in [0.2, 0.25) is 0 Å². The average molecular weight is 319 g/mol. The Kier molecular flexibility index (Phi) is 3.60. The number of aryl methyl sites for hydroxylation is 2. The zero-order valence-corrected chi connectivity index (χ0v) is 14.1. The van der Waals surface area contributed by atoms with Gasteiger partial charge >= 0.3 is 0 Å². The zero-order chi connectivity index (χ0) is 16.7. The van der Waals surface area contributed by atoms with Gasteiger partial charge in [-0.05, 0) is 73.2 Å². The summed E-state index contributed by atoms with van der Waals surface area (Å²) in [5, 5.41) is 9.98. The average Bonchev–Trinajstić information content (AvgIpc) is 3.13. The molecule has 0 atom stereocenters. The molecular weight excluding hydrogens is 298 g/mol. The second-order valence-electron chi connectivity index (χ2n) is 6.58. The number of hydrogen-bond donors (Lipinski definition) is 1. The molecule has 1 aromatic heterocycles. The van der Waals surface area contributed by atoms with Crippen LogP contribution in [0.1, 0.15) is 24.0 Å². The Balaban J connectivity index is 1.79. The van der Waals surface area contributed by atoms with Gasteiger partial charge in [-0.3, -0.25) is 4.98 Å². The lowest BCUT2D eigenvalue weighted by atomic mass is 9.99. The van der Waals surface area contributed by atoms with E-state index in [0.29, 0.717) is 5.75 Å². The van der Waals surface area contributed by atoms with Gasteiger partial charge in [-0.15, -0.1) is 0 Å². The first kappa shape index (κ1) is 14.9. The molecule has 1 saturated heterocycles. The van der Waals surface area contributed by atoms with Gasteiger partial charge < -0.3 is 10.0 Å². The monoisotopic (exact) mass is 319 g/mol. The number of phenols is 1. The van der Waals surface area contributed by atoms with Crippen LogP contribution >= 0.6 is 0 Å². The van der Waals surface area contributed by atoms with E-state index in [1.54, 1.807) is 0 Å². The molecule has 0 amide bonds. The fourth-order valence-electron chi connectivity index (χ4n) is 3.40. The summed E-state index contributed by atoms with van der Waals surface area (Å²) in [5.74, 6) is 1.34. The molecule has 3 aromatic rings. The summed E-state index contributed by atoms with van der Waals surface area (Å²) in [6, 6.07) is 10.2. The molecular formula is C20H21N3O. The van der Waals surface area contributed by atoms with Crippen molar-refractivity contribution in [2.24, 2.45) is 0 Å². The van der Waals surface area contributed by atoms with Crippen LogP contribution in [-0.2, 0) is 0 Å². The number of hydrogen-bond acceptors (Lipinski definition) is 4. The van der Waals surface area contributed by atoms with E-state index in [4.69, 9.17) is 4.98 Å². The van der Waals surface area contributed by atoms with Gasteiger partial charge in [0.15, 0.2) is 0 Å². The van der Waals surface area contributed by atoms with Gasteiger partial charge in [0.1, 0.15) is 11.6 Å². The molecule has 0 unspecified atom stereocenters. The van der Waals surface area contributed by atoms with E-state index in [-0.39, 0.29) is 0 Å². The molecule has 1 aliphatic heterocycles. The maximum Gasteiger partial charge on any atom is 0.147 e. The molecule has 1 aliphatic rings. The van der Waals surface area contributed by atoms with Gasteiger partial charge in [-0.1, -0.05) is 6.07 Å². The van der Waals surface area contributed by atoms with Crippen LogP contribution < -0.4 is 4.90 Å². The maximum absolute atomic E-state index is 9.98. The number of aromatic nitrogens is 2. The predicted octanol–water partition coefficient (Wildman–Crippen LogP) is 4.22. The highest BCUT2D eigenvalue weighted by Gasteiger charge is 2.14. The van der Waals surface area contributed by atoms with E-state index in [1.807, 2.05) is 38.2 Å². The van der Waals surface area contributed by atoms with E-state index in [9.17, 15) is 5.11 Å². The van der Waals surface area contributed by atoms with Crippen molar-refractivity contribution in [1.82, 2.24) is 9.97 Å². The van der Waals surface area contributed by atoms with E-state index < -0.39 is 0 Å². The first-order chi connectivity index (χ1) is 11.6. The first-order valence-corrected chi connectivity index (χ1v) is 8.44. The highest BCUT2D eigenvalue weighted by molar-refractivity contribution is 5.82. The third-order valence-corrected chi connectivity index (χ3v) is 4.78. The van der Waals surface area contributed by atoms with Crippen molar-refractivity contribution in [3.8, 4) is 16.9 Å². The summed E-state index contributed by atoms with van der Waals surface area (Å²) in [6.07, 6.45) is 4.33. The first-order valence-electron chi connectivity index (χ1n) is 8.44. The van der Waals surface area contributed by atoms with E-state index in [0.717, 1.165) is 52.2 Å². The number of benzene rings is 2. The molecule has 1 fully saturated rings. The minimum Gasteiger partial charge on any atom is -0.507 e. The van der Waals surface area contributed by atoms with Crippen molar-refractivity contribution < 1.29 is 5.11 Å². The highest BCUT2D eigenvalue weighted by atomic mass is 16.3. The molecule has 0 spiro atoms. The smallest absolute Gasteiger partial charge is 0.147 e. The van der Waals surface area contributed by atoms with Crippen molar-refractivity contribution >= 4 is 16.9 Å². The number of nitrogens with zero attached hydrogens (tertiary/aromatic N) is 3. The number of phenolic OH excluding ortho intramolecular Hbond substituents is 1. The summed E-state index contributed by atoms with van der Waals surface area (Å²) in [6.45, 7) is 5.99. The molecule has 4 nitrogen and oxygen atoms in total. The Hall–Kier alpha value is -2.62. The third kappa shape index (κ3) is 2.58. The van der Waals surface area contributed by atoms with E-state index in [2.05, 4.69) is 22.0 Å². The second kappa shape index (κ2) is 5.78. The third-order valence-electron chi connectivity index (χ3n) is 4.78. The van der Waals surface area contributed by atoms with Crippen molar-refractivity contribution in [1.29, 1.82) is 0 Å². The van der Waals surface area contributed by atoms with Crippen LogP contribution in [0.15, 0.2) is 36.5 Å². The Morgan fingerprint density at radius 1 is 0.917 bits per heavy atom. The largest absolute Gasteiger partial charge is 0.507 e. The Morgan fingerprint density at radius 3 is 2.33 bits per heavy atom. The minimum atomic E-state index is 0.371. The molecule has 4 heteroatoms. The van der Waals surface area contributed by atoms with Crippen LogP contribution in [0.25, 0.3) is 22.2 Å². The molecule has 2 heterocycles. The van der Waals surface area contributed by atoms with Crippen molar-refractivity contribution in [3.63, 3.8) is 0 Å². The maximum atomic E-state index is 9.98. The Bertz CT molecular complexity index is 891. The predicted molar refractivity (Wildman–Crippen MR) is 97.6 cm³/mol. The van der Waals surface area contributed by atoms with Crippen molar-refractivity contribution in [3.05, 3.63) is 47.7 Å². The molecule has 1 N–H and O–H groups in total. The van der Waals surface area contributed by atoms with E-state index >= 15 is 0 Å². The van der Waals surface area contributed by atoms with Crippen molar-refractivity contribution in [2.45, 2.75) is 26.7 Å². The molecule has 0 aliphatic carbocycles. The lowest BCUT2D eigenvalue weighted by Crippen LogP contribution is -2.19. The number of fused-ring (bicyclic) bond motifs is 1. The fraction of sp³-hybridized carbons (Fsp3) is 0.300. The van der Waals surface area contributed by atoms with Crippen LogP contribution in [0, 0.1) is 13.8 Å². The van der Waals surface area contributed by atoms with Crippen LogP contribution in [0.3, 0.4) is 0 Å². The van der Waals surface area contributed by atoms with Gasteiger partial charge in [0, 0.05) is 13.1 Å². The lowest BCUT2D eigenvalue weighted by Gasteiger charge is -2.16. The summed E-state index contributed by atoms with van der Waals surface area (Å²) >= 11 is 0. The number of anilines is 1. The highest BCUT2D eigenvalue weighted by Crippen LogP contribution is 2.30. The standard InChI is InChI=1S/C20H21N3O/c1-13-9-16(10-14(2)20(13)24)15-5-6-17-18(11-15)22-19(12-21-17)23-7-3-4-8-23/h5-6,9-12,24H,3-4,7-8H2,1-2H3. The van der Waals surface area contributed by atoms with Crippen LogP contribution in [-0.4, -0.2) is 28.2 Å². The molecule has 0 bridgehead atoms. The van der Waals surface area contributed by atoms with Gasteiger partial charge in [0.05, 0.1) is 17.2 Å². The SMILES string of the molecule is Cc1cc(-c2ccc3ncc(N4CCCC4)nc3c2)cc(C)c1O. The molecule has 24 heavy (non-hydrogen) atoms. The summed E-state index contributed by atoms with van der Waals surface area (Å²) in [5.41, 5.74) is 5.80. The normalized spacial score (nSPS) is 14.5. The lowest BCUT2D eigenvalue weighted by molar-refractivity contribution is 0.467. The van der Waals surface area contributed by atoms with Crippen molar-refractivity contribution in [2.75, 3.05) is 18.0 Å². The minimum absolute atomic E-state index is 0.371. The molecule has 4 rings (SSSR count). The van der Waals surface area contributed by atoms with Gasteiger partial charge in [-0.2, -0.15) is 0 Å². The Labute approximate surface area is 141 Å². The second-order valence-corrected chi connectivity index (χ2v) is 6.58. The van der Waals surface area contributed by atoms with Gasteiger partial charge in [0.25, 0.3) is 0 Å². The van der Waals surface area contributed by atoms with Crippen LogP contribution in [0.4, 0.5) is 5.82 Å². The number of rotatable bonds is 2. The van der Waals surface area contributed by atoms with Gasteiger partial charge in [0.2, 0.25) is 0 Å². The van der Waals surface area contributed by atoms with Gasteiger partial charge in [-0.25, -0.2) is 4.98 Å². The summed E-state index contributed by atoms with van der Waals surface area (Å²) in [4.78, 5) is 11.7. The zero-order valence-electron chi connectivity index (χ0n) is 14.1. The van der Waals surface area contributed by atoms with Crippen LogP contribution in [0.5, 0.6) is 5.75 Å². The fourth-order valence-corrected chi connectivity index (χ4v) is 3.40.